The average molecular weight is 356 g/mol. The van der Waals surface area contributed by atoms with Crippen LogP contribution in [0, 0.1) is 0 Å². The van der Waals surface area contributed by atoms with Crippen molar-refractivity contribution in [1.29, 1.82) is 0 Å². The van der Waals surface area contributed by atoms with Crippen LogP contribution in [0.25, 0.3) is 10.9 Å². The first-order valence-electron chi connectivity index (χ1n) is 8.66. The minimum absolute atomic E-state index is 0.128. The number of rotatable bonds is 8. The van der Waals surface area contributed by atoms with Crippen LogP contribution in [-0.2, 0) is 11.2 Å². The first kappa shape index (κ1) is 17.7. The smallest absolute Gasteiger partial charge is 0.220 e. The second-order valence-electron chi connectivity index (χ2n) is 6.51. The topological polar surface area (TPSA) is 48.1 Å². The van der Waals surface area contributed by atoms with Crippen molar-refractivity contribution in [1.82, 2.24) is 15.2 Å². The van der Waals surface area contributed by atoms with Crippen LogP contribution in [-0.4, -0.2) is 36.4 Å². The molecule has 0 fully saturated rings. The molecule has 2 aromatic heterocycles. The minimum Gasteiger partial charge on any atom is -0.361 e. The zero-order valence-electron chi connectivity index (χ0n) is 14.8. The molecule has 0 radical (unpaired) electrons. The summed E-state index contributed by atoms with van der Waals surface area (Å²) in [6, 6.07) is 12.7. The summed E-state index contributed by atoms with van der Waals surface area (Å²) in [6.07, 6.45) is 4.39. The number of hydrogen-bond donors (Lipinski definition) is 2. The van der Waals surface area contributed by atoms with Crippen molar-refractivity contribution in [3.8, 4) is 0 Å². The van der Waals surface area contributed by atoms with E-state index >= 15 is 0 Å². The monoisotopic (exact) mass is 355 g/mol. The Morgan fingerprint density at radius 2 is 2.08 bits per heavy atom. The highest BCUT2D eigenvalue weighted by atomic mass is 32.1. The number of H-pyrrole nitrogens is 1. The molecule has 0 aliphatic heterocycles. The summed E-state index contributed by atoms with van der Waals surface area (Å²) < 4.78 is 0. The Hall–Kier alpha value is -2.11. The number of fused-ring (bicyclic) bond motifs is 1. The van der Waals surface area contributed by atoms with Crippen LogP contribution in [0.3, 0.4) is 0 Å². The number of amides is 1. The van der Waals surface area contributed by atoms with Gasteiger partial charge in [0.25, 0.3) is 0 Å². The molecule has 0 saturated carbocycles. The molecule has 25 heavy (non-hydrogen) atoms. The molecule has 0 aliphatic carbocycles. The van der Waals surface area contributed by atoms with Gasteiger partial charge in [-0.1, -0.05) is 24.3 Å². The van der Waals surface area contributed by atoms with Crippen molar-refractivity contribution < 1.29 is 4.79 Å². The van der Waals surface area contributed by atoms with Crippen LogP contribution in [0.2, 0.25) is 0 Å². The molecule has 3 aromatic rings. The average Bonchev–Trinajstić information content (AvgIpc) is 3.25. The first-order chi connectivity index (χ1) is 12.1. The molecule has 1 amide bonds. The number of carbonyl (C=O) groups is 1. The maximum atomic E-state index is 12.2. The van der Waals surface area contributed by atoms with Gasteiger partial charge in [-0.15, -0.1) is 11.3 Å². The van der Waals surface area contributed by atoms with Crippen molar-refractivity contribution in [2.75, 3.05) is 20.6 Å². The third-order valence-corrected chi connectivity index (χ3v) is 5.49. The highest BCUT2D eigenvalue weighted by Gasteiger charge is 2.16. The van der Waals surface area contributed by atoms with Crippen LogP contribution in [0.4, 0.5) is 0 Å². The van der Waals surface area contributed by atoms with Gasteiger partial charge in [0.05, 0.1) is 6.04 Å². The second kappa shape index (κ2) is 8.32. The summed E-state index contributed by atoms with van der Waals surface area (Å²) in [4.78, 5) is 18.9. The normalized spacial score (nSPS) is 12.6. The van der Waals surface area contributed by atoms with E-state index in [2.05, 4.69) is 57.1 Å². The fraction of sp³-hybridized carbons (Fsp3) is 0.350. The second-order valence-corrected chi connectivity index (χ2v) is 7.49. The molecule has 3 rings (SSSR count). The molecule has 4 nitrogen and oxygen atoms in total. The van der Waals surface area contributed by atoms with E-state index in [1.165, 1.54) is 15.8 Å². The fourth-order valence-corrected chi connectivity index (χ4v) is 4.02. The molecule has 0 bridgehead atoms. The van der Waals surface area contributed by atoms with Gasteiger partial charge in [0.15, 0.2) is 0 Å². The van der Waals surface area contributed by atoms with Crippen molar-refractivity contribution in [3.05, 3.63) is 58.4 Å². The molecular weight excluding hydrogens is 330 g/mol. The van der Waals surface area contributed by atoms with E-state index in [0.29, 0.717) is 13.0 Å². The Morgan fingerprint density at radius 3 is 2.84 bits per heavy atom. The zero-order chi connectivity index (χ0) is 17.6. The van der Waals surface area contributed by atoms with Gasteiger partial charge in [0.2, 0.25) is 5.91 Å². The Morgan fingerprint density at radius 1 is 1.24 bits per heavy atom. The van der Waals surface area contributed by atoms with Crippen LogP contribution in [0.1, 0.15) is 29.3 Å². The Kier molecular flexibility index (Phi) is 5.89. The maximum absolute atomic E-state index is 12.2. The van der Waals surface area contributed by atoms with E-state index in [1.807, 2.05) is 20.2 Å². The standard InChI is InChI=1S/C20H25N3OS/c1-23(2)18(19-10-6-12-25-19)14-22-20(24)11-5-7-15-13-21-17-9-4-3-8-16(15)17/h3-4,6,8-10,12-13,18,21H,5,7,11,14H2,1-2H3,(H,22,24). The molecule has 1 aromatic carbocycles. The molecule has 5 heteroatoms. The van der Waals surface area contributed by atoms with Crippen molar-refractivity contribution in [2.24, 2.45) is 0 Å². The summed E-state index contributed by atoms with van der Waals surface area (Å²) in [5, 5.41) is 6.42. The van der Waals surface area contributed by atoms with E-state index in [1.54, 1.807) is 11.3 Å². The molecule has 132 valence electrons. The fourth-order valence-electron chi connectivity index (χ4n) is 3.10. The number of likely N-dealkylation sites (N-methyl/N-ethyl adjacent to an activating group) is 1. The highest BCUT2D eigenvalue weighted by Crippen LogP contribution is 2.22. The number of carbonyl (C=O) groups excluding carboxylic acids is 1. The predicted molar refractivity (Wildman–Crippen MR) is 105 cm³/mol. The predicted octanol–water partition coefficient (Wildman–Crippen LogP) is 3.97. The molecule has 2 N–H and O–H groups in total. The van der Waals surface area contributed by atoms with Gasteiger partial charge in [0, 0.05) is 34.9 Å². The number of benzene rings is 1. The number of para-hydroxylation sites is 1. The Balaban J connectivity index is 1.46. The van der Waals surface area contributed by atoms with E-state index < -0.39 is 0 Å². The van der Waals surface area contributed by atoms with Gasteiger partial charge in [0.1, 0.15) is 0 Å². The van der Waals surface area contributed by atoms with Crippen LogP contribution in [0.15, 0.2) is 48.0 Å². The van der Waals surface area contributed by atoms with Crippen LogP contribution >= 0.6 is 11.3 Å². The molecule has 2 heterocycles. The number of aryl methyl sites for hydroxylation is 1. The number of hydrogen-bond acceptors (Lipinski definition) is 3. The minimum atomic E-state index is 0.128. The molecule has 0 spiro atoms. The summed E-state index contributed by atoms with van der Waals surface area (Å²) >= 11 is 1.73. The lowest BCUT2D eigenvalue weighted by Crippen LogP contribution is -2.34. The van der Waals surface area contributed by atoms with Crippen molar-refractivity contribution >= 4 is 28.1 Å². The van der Waals surface area contributed by atoms with Gasteiger partial charge in [-0.05, 0) is 50.0 Å². The van der Waals surface area contributed by atoms with E-state index in [0.717, 1.165) is 18.4 Å². The molecule has 1 unspecified atom stereocenters. The largest absolute Gasteiger partial charge is 0.361 e. The third-order valence-electron chi connectivity index (χ3n) is 4.51. The molecule has 0 saturated heterocycles. The van der Waals surface area contributed by atoms with Gasteiger partial charge < -0.3 is 15.2 Å². The van der Waals surface area contributed by atoms with Gasteiger partial charge in [-0.2, -0.15) is 0 Å². The SMILES string of the molecule is CN(C)C(CNC(=O)CCCc1c[nH]c2ccccc12)c1cccs1. The Bertz CT molecular complexity index is 807. The van der Waals surface area contributed by atoms with Gasteiger partial charge >= 0.3 is 0 Å². The van der Waals surface area contributed by atoms with Gasteiger partial charge in [-0.25, -0.2) is 0 Å². The number of nitrogens with one attached hydrogen (secondary N) is 2. The molecule has 0 aliphatic rings. The van der Waals surface area contributed by atoms with E-state index in [-0.39, 0.29) is 11.9 Å². The van der Waals surface area contributed by atoms with E-state index in [9.17, 15) is 4.79 Å². The van der Waals surface area contributed by atoms with E-state index in [4.69, 9.17) is 0 Å². The summed E-state index contributed by atoms with van der Waals surface area (Å²) in [5.41, 5.74) is 2.44. The third kappa shape index (κ3) is 4.50. The summed E-state index contributed by atoms with van der Waals surface area (Å²) in [7, 11) is 4.10. The van der Waals surface area contributed by atoms with Crippen molar-refractivity contribution in [3.63, 3.8) is 0 Å². The lowest BCUT2D eigenvalue weighted by Gasteiger charge is -2.23. The molecular formula is C20H25N3OS. The van der Waals surface area contributed by atoms with Crippen molar-refractivity contribution in [2.45, 2.75) is 25.3 Å². The lowest BCUT2D eigenvalue weighted by atomic mass is 10.1. The maximum Gasteiger partial charge on any atom is 0.220 e. The van der Waals surface area contributed by atoms with Crippen LogP contribution in [0.5, 0.6) is 0 Å². The number of aromatic amines is 1. The number of nitrogens with zero attached hydrogens (tertiary/aromatic N) is 1. The quantitative estimate of drug-likeness (QED) is 0.642. The first-order valence-corrected chi connectivity index (χ1v) is 9.54. The van der Waals surface area contributed by atoms with Gasteiger partial charge in [-0.3, -0.25) is 4.79 Å². The summed E-state index contributed by atoms with van der Waals surface area (Å²) in [6.45, 7) is 0.652. The number of thiophene rings is 1. The number of aromatic nitrogens is 1. The zero-order valence-corrected chi connectivity index (χ0v) is 15.6. The lowest BCUT2D eigenvalue weighted by molar-refractivity contribution is -0.121. The van der Waals surface area contributed by atoms with Crippen LogP contribution < -0.4 is 5.32 Å². The summed E-state index contributed by atoms with van der Waals surface area (Å²) in [5.74, 6) is 0.128. The Labute approximate surface area is 152 Å². The molecule has 1 atom stereocenters. The highest BCUT2D eigenvalue weighted by molar-refractivity contribution is 7.10.